The number of pyridine rings is 1. The Morgan fingerprint density at radius 1 is 1.15 bits per heavy atom. The number of nitrogens with one attached hydrogen (secondary N) is 2. The molecule has 2 aromatic rings. The number of anilines is 1. The first-order chi connectivity index (χ1) is 12.5. The molecule has 1 fully saturated rings. The summed E-state index contributed by atoms with van der Waals surface area (Å²) in [5.74, 6) is 0.568. The molecule has 1 amide bonds. The predicted molar refractivity (Wildman–Crippen MR) is 107 cm³/mol. The number of hydrogen-bond donors (Lipinski definition) is 2. The minimum atomic E-state index is -0.0639. The molecule has 1 aliphatic carbocycles. The van der Waals surface area contributed by atoms with Crippen LogP contribution in [-0.2, 0) is 0 Å². The molecule has 0 atom stereocenters. The summed E-state index contributed by atoms with van der Waals surface area (Å²) in [4.78, 5) is 16.8. The number of hydrogen-bond acceptors (Lipinski definition) is 3. The molecule has 1 aromatic heterocycles. The molecule has 3 rings (SSSR count). The van der Waals surface area contributed by atoms with Crippen LogP contribution in [0.25, 0.3) is 0 Å². The number of carbonyl (C=O) groups excluding carboxylic acids is 1. The fraction of sp³-hybridized carbons (Fsp3) is 0.429. The smallest absolute Gasteiger partial charge is 0.253 e. The van der Waals surface area contributed by atoms with Crippen molar-refractivity contribution in [1.82, 2.24) is 10.3 Å². The van der Waals surface area contributed by atoms with Crippen LogP contribution in [0, 0.1) is 19.8 Å². The summed E-state index contributed by atoms with van der Waals surface area (Å²) in [5.41, 5.74) is 3.71. The number of rotatable bonds is 5. The number of aromatic nitrogens is 1. The number of aryl methyl sites for hydroxylation is 2. The molecule has 138 valence electrons. The van der Waals surface area contributed by atoms with E-state index in [1.807, 2.05) is 38.2 Å². The predicted octanol–water partition coefficient (Wildman–Crippen LogP) is 4.75. The summed E-state index contributed by atoms with van der Waals surface area (Å²) in [6.45, 7) is 4.91. The maximum absolute atomic E-state index is 12.5. The van der Waals surface area contributed by atoms with Crippen molar-refractivity contribution >= 4 is 23.2 Å². The third kappa shape index (κ3) is 4.98. The van der Waals surface area contributed by atoms with Gasteiger partial charge in [0, 0.05) is 18.3 Å². The molecular weight excluding hydrogens is 346 g/mol. The van der Waals surface area contributed by atoms with Gasteiger partial charge in [-0.25, -0.2) is 0 Å². The second kappa shape index (κ2) is 8.54. The maximum atomic E-state index is 12.5. The summed E-state index contributed by atoms with van der Waals surface area (Å²) < 4.78 is 0. The minimum Gasteiger partial charge on any atom is -0.384 e. The first kappa shape index (κ1) is 18.7. The van der Waals surface area contributed by atoms with Crippen molar-refractivity contribution < 1.29 is 4.79 Å². The van der Waals surface area contributed by atoms with Crippen LogP contribution >= 0.6 is 11.6 Å². The standard InChI is InChI=1S/C21H26ClN3O/c1-14-3-10-20(22)19(11-14)21(26)25-17-8-5-16(6-9-17)12-24-18-7-4-15(2)23-13-18/h3-4,7,10-11,13,16-17,24H,5-6,8-9,12H2,1-2H3,(H,25,26). The minimum absolute atomic E-state index is 0.0639. The molecule has 1 saturated carbocycles. The molecule has 0 unspecified atom stereocenters. The van der Waals surface area contributed by atoms with Gasteiger partial charge in [-0.2, -0.15) is 0 Å². The van der Waals surface area contributed by atoms with E-state index < -0.39 is 0 Å². The van der Waals surface area contributed by atoms with Crippen molar-refractivity contribution in [3.63, 3.8) is 0 Å². The summed E-state index contributed by atoms with van der Waals surface area (Å²) in [6.07, 6.45) is 6.12. The molecule has 0 radical (unpaired) electrons. The number of benzene rings is 1. The Kier molecular flexibility index (Phi) is 6.15. The lowest BCUT2D eigenvalue weighted by Gasteiger charge is -2.29. The van der Waals surface area contributed by atoms with Gasteiger partial charge in [-0.3, -0.25) is 9.78 Å². The van der Waals surface area contributed by atoms with Crippen molar-refractivity contribution in [3.8, 4) is 0 Å². The second-order valence-corrected chi connectivity index (χ2v) is 7.65. The first-order valence-electron chi connectivity index (χ1n) is 9.25. The molecule has 1 aliphatic rings. The zero-order valence-corrected chi connectivity index (χ0v) is 16.1. The van der Waals surface area contributed by atoms with Crippen LogP contribution in [0.5, 0.6) is 0 Å². The highest BCUT2D eigenvalue weighted by Gasteiger charge is 2.23. The van der Waals surface area contributed by atoms with Crippen molar-refractivity contribution in [2.75, 3.05) is 11.9 Å². The number of carbonyl (C=O) groups is 1. The van der Waals surface area contributed by atoms with Gasteiger partial charge in [-0.15, -0.1) is 0 Å². The zero-order valence-electron chi connectivity index (χ0n) is 15.4. The van der Waals surface area contributed by atoms with E-state index in [0.717, 1.165) is 49.2 Å². The van der Waals surface area contributed by atoms with Crippen LogP contribution in [0.2, 0.25) is 5.02 Å². The zero-order chi connectivity index (χ0) is 18.5. The lowest BCUT2D eigenvalue weighted by Crippen LogP contribution is -2.38. The van der Waals surface area contributed by atoms with Crippen molar-refractivity contribution in [3.05, 3.63) is 58.4 Å². The topological polar surface area (TPSA) is 54.0 Å². The molecule has 0 saturated heterocycles. The number of nitrogens with zero attached hydrogens (tertiary/aromatic N) is 1. The average molecular weight is 372 g/mol. The van der Waals surface area contributed by atoms with E-state index in [0.29, 0.717) is 16.5 Å². The quantitative estimate of drug-likeness (QED) is 0.797. The summed E-state index contributed by atoms with van der Waals surface area (Å²) in [7, 11) is 0. The molecule has 26 heavy (non-hydrogen) atoms. The van der Waals surface area contributed by atoms with E-state index in [9.17, 15) is 4.79 Å². The lowest BCUT2D eigenvalue weighted by molar-refractivity contribution is 0.0923. The molecule has 0 bridgehead atoms. The van der Waals surface area contributed by atoms with E-state index in [1.165, 1.54) is 0 Å². The Morgan fingerprint density at radius 2 is 1.92 bits per heavy atom. The SMILES string of the molecule is Cc1ccc(Cl)c(C(=O)NC2CCC(CNc3ccc(C)nc3)CC2)c1. The molecule has 0 spiro atoms. The van der Waals surface area contributed by atoms with E-state index in [-0.39, 0.29) is 11.9 Å². The maximum Gasteiger partial charge on any atom is 0.253 e. The highest BCUT2D eigenvalue weighted by atomic mass is 35.5. The Labute approximate surface area is 160 Å². The van der Waals surface area contributed by atoms with Crippen LogP contribution in [0.1, 0.15) is 47.3 Å². The van der Waals surface area contributed by atoms with Crippen LogP contribution in [0.4, 0.5) is 5.69 Å². The van der Waals surface area contributed by atoms with Gasteiger partial charge in [0.2, 0.25) is 0 Å². The van der Waals surface area contributed by atoms with Gasteiger partial charge in [-0.1, -0.05) is 23.2 Å². The van der Waals surface area contributed by atoms with Gasteiger partial charge in [0.15, 0.2) is 0 Å². The van der Waals surface area contributed by atoms with Gasteiger partial charge >= 0.3 is 0 Å². The van der Waals surface area contributed by atoms with Crippen LogP contribution in [0.15, 0.2) is 36.5 Å². The van der Waals surface area contributed by atoms with Gasteiger partial charge in [0.05, 0.1) is 22.5 Å². The molecule has 5 heteroatoms. The Bertz CT molecular complexity index is 752. The lowest BCUT2D eigenvalue weighted by atomic mass is 9.86. The molecular formula is C21H26ClN3O. The van der Waals surface area contributed by atoms with Crippen LogP contribution in [0.3, 0.4) is 0 Å². The highest BCUT2D eigenvalue weighted by molar-refractivity contribution is 6.33. The van der Waals surface area contributed by atoms with Crippen molar-refractivity contribution in [2.45, 2.75) is 45.6 Å². The van der Waals surface area contributed by atoms with Gasteiger partial charge in [0.1, 0.15) is 0 Å². The largest absolute Gasteiger partial charge is 0.384 e. The van der Waals surface area contributed by atoms with Gasteiger partial charge in [0.25, 0.3) is 5.91 Å². The highest BCUT2D eigenvalue weighted by Crippen LogP contribution is 2.26. The summed E-state index contributed by atoms with van der Waals surface area (Å²) in [5, 5.41) is 7.13. The monoisotopic (exact) mass is 371 g/mol. The third-order valence-electron chi connectivity index (χ3n) is 5.05. The average Bonchev–Trinajstić information content (AvgIpc) is 2.64. The Hall–Kier alpha value is -2.07. The van der Waals surface area contributed by atoms with E-state index in [4.69, 9.17) is 11.6 Å². The number of halogens is 1. The van der Waals surface area contributed by atoms with Crippen LogP contribution < -0.4 is 10.6 Å². The van der Waals surface area contributed by atoms with Crippen molar-refractivity contribution in [2.24, 2.45) is 5.92 Å². The fourth-order valence-corrected chi connectivity index (χ4v) is 3.63. The Balaban J connectivity index is 1.45. The van der Waals surface area contributed by atoms with Gasteiger partial charge < -0.3 is 10.6 Å². The van der Waals surface area contributed by atoms with E-state index in [1.54, 1.807) is 6.07 Å². The summed E-state index contributed by atoms with van der Waals surface area (Å²) in [6, 6.07) is 9.87. The Morgan fingerprint density at radius 3 is 2.62 bits per heavy atom. The number of amides is 1. The fourth-order valence-electron chi connectivity index (χ4n) is 3.42. The van der Waals surface area contributed by atoms with E-state index >= 15 is 0 Å². The molecule has 2 N–H and O–H groups in total. The van der Waals surface area contributed by atoms with Crippen molar-refractivity contribution in [1.29, 1.82) is 0 Å². The second-order valence-electron chi connectivity index (χ2n) is 7.24. The summed E-state index contributed by atoms with van der Waals surface area (Å²) >= 11 is 6.17. The van der Waals surface area contributed by atoms with E-state index in [2.05, 4.69) is 21.7 Å². The molecule has 0 aliphatic heterocycles. The van der Waals surface area contributed by atoms with Crippen LogP contribution in [-0.4, -0.2) is 23.5 Å². The first-order valence-corrected chi connectivity index (χ1v) is 9.62. The molecule has 1 heterocycles. The normalized spacial score (nSPS) is 19.8. The molecule has 4 nitrogen and oxygen atoms in total. The third-order valence-corrected chi connectivity index (χ3v) is 5.38. The van der Waals surface area contributed by atoms with Gasteiger partial charge in [-0.05, 0) is 69.7 Å². The molecule has 1 aromatic carbocycles.